The third-order valence-corrected chi connectivity index (χ3v) is 4.63. The van der Waals surface area contributed by atoms with E-state index in [9.17, 15) is 4.79 Å². The van der Waals surface area contributed by atoms with E-state index in [4.69, 9.17) is 9.47 Å². The number of carbonyl (C=O) groups is 1. The highest BCUT2D eigenvalue weighted by Gasteiger charge is 2.27. The van der Waals surface area contributed by atoms with Gasteiger partial charge in [0.15, 0.2) is 0 Å². The number of rotatable bonds is 6. The molecule has 0 bridgehead atoms. The molecule has 23 heavy (non-hydrogen) atoms. The van der Waals surface area contributed by atoms with Crippen molar-refractivity contribution >= 4 is 6.09 Å². The number of piperidine rings is 1. The second kappa shape index (κ2) is 8.88. The van der Waals surface area contributed by atoms with Crippen LogP contribution in [0, 0.1) is 5.92 Å². The van der Waals surface area contributed by atoms with Gasteiger partial charge in [-0.3, -0.25) is 0 Å². The molecule has 134 valence electrons. The van der Waals surface area contributed by atoms with Crippen LogP contribution < -0.4 is 5.32 Å². The fourth-order valence-corrected chi connectivity index (χ4v) is 3.35. The minimum Gasteiger partial charge on any atom is -0.444 e. The maximum absolute atomic E-state index is 12.0. The van der Waals surface area contributed by atoms with Gasteiger partial charge in [-0.15, -0.1) is 0 Å². The minimum absolute atomic E-state index is 0.200. The molecule has 5 heteroatoms. The Morgan fingerprint density at radius 1 is 1.13 bits per heavy atom. The van der Waals surface area contributed by atoms with Gasteiger partial charge >= 0.3 is 6.09 Å². The Bertz CT molecular complexity index is 354. The predicted molar refractivity (Wildman–Crippen MR) is 91.6 cm³/mol. The number of carbonyl (C=O) groups excluding carboxylic acids is 1. The summed E-state index contributed by atoms with van der Waals surface area (Å²) in [6, 6.07) is 0. The van der Waals surface area contributed by atoms with Gasteiger partial charge in [-0.05, 0) is 58.9 Å². The Labute approximate surface area is 141 Å². The van der Waals surface area contributed by atoms with Crippen molar-refractivity contribution in [3.05, 3.63) is 0 Å². The molecule has 5 nitrogen and oxygen atoms in total. The summed E-state index contributed by atoms with van der Waals surface area (Å²) in [6.07, 6.45) is 7.46. The lowest BCUT2D eigenvalue weighted by atomic mass is 10.1. The third kappa shape index (κ3) is 7.08. The number of hydrogen-bond acceptors (Lipinski definition) is 4. The molecular weight excluding hydrogens is 292 g/mol. The van der Waals surface area contributed by atoms with Crippen molar-refractivity contribution in [3.63, 3.8) is 0 Å². The third-order valence-electron chi connectivity index (χ3n) is 4.63. The lowest BCUT2D eigenvalue weighted by molar-refractivity contribution is -0.0105. The van der Waals surface area contributed by atoms with Gasteiger partial charge in [-0.2, -0.15) is 0 Å². The summed E-state index contributed by atoms with van der Waals surface area (Å²) in [5.74, 6) is 0.882. The SMILES string of the molecule is CC(C)(C)OC(=O)N1CCC(OCCNCC2CCCC2)CC1. The standard InChI is InChI=1S/C18H34N2O3/c1-18(2,3)23-17(21)20-11-8-16(9-12-20)22-13-10-19-14-15-6-4-5-7-15/h15-16,19H,4-14H2,1-3H3. The zero-order chi connectivity index (χ0) is 16.7. The van der Waals surface area contributed by atoms with E-state index in [0.29, 0.717) is 0 Å². The Morgan fingerprint density at radius 3 is 2.39 bits per heavy atom. The monoisotopic (exact) mass is 326 g/mol. The predicted octanol–water partition coefficient (Wildman–Crippen LogP) is 3.18. The first kappa shape index (κ1) is 18.5. The van der Waals surface area contributed by atoms with Crippen molar-refractivity contribution in [2.75, 3.05) is 32.8 Å². The van der Waals surface area contributed by atoms with E-state index in [1.54, 1.807) is 4.90 Å². The highest BCUT2D eigenvalue weighted by Crippen LogP contribution is 2.23. The highest BCUT2D eigenvalue weighted by molar-refractivity contribution is 5.68. The van der Waals surface area contributed by atoms with Gasteiger partial charge < -0.3 is 19.7 Å². The number of hydrogen-bond donors (Lipinski definition) is 1. The van der Waals surface area contributed by atoms with Crippen LogP contribution >= 0.6 is 0 Å². The van der Waals surface area contributed by atoms with Crippen molar-refractivity contribution in [3.8, 4) is 0 Å². The van der Waals surface area contributed by atoms with Crippen LogP contribution in [0.1, 0.15) is 59.3 Å². The van der Waals surface area contributed by atoms with Gasteiger partial charge in [-0.25, -0.2) is 4.79 Å². The number of ether oxygens (including phenoxy) is 2. The van der Waals surface area contributed by atoms with E-state index in [1.807, 2.05) is 20.8 Å². The smallest absolute Gasteiger partial charge is 0.410 e. The first-order valence-corrected chi connectivity index (χ1v) is 9.24. The van der Waals surface area contributed by atoms with Crippen LogP contribution in [0.15, 0.2) is 0 Å². The second-order valence-electron chi connectivity index (χ2n) is 7.89. The summed E-state index contributed by atoms with van der Waals surface area (Å²) < 4.78 is 11.3. The molecule has 2 fully saturated rings. The fourth-order valence-electron chi connectivity index (χ4n) is 3.35. The lowest BCUT2D eigenvalue weighted by Crippen LogP contribution is -2.43. The summed E-state index contributed by atoms with van der Waals surface area (Å²) in [5.41, 5.74) is -0.421. The Morgan fingerprint density at radius 2 is 1.78 bits per heavy atom. The summed E-state index contributed by atoms with van der Waals surface area (Å²) in [6.45, 7) is 10.0. The van der Waals surface area contributed by atoms with E-state index in [-0.39, 0.29) is 12.2 Å². The molecule has 1 heterocycles. The maximum atomic E-state index is 12.0. The Hall–Kier alpha value is -0.810. The van der Waals surface area contributed by atoms with Gasteiger partial charge in [0, 0.05) is 19.6 Å². The topological polar surface area (TPSA) is 50.8 Å². The van der Waals surface area contributed by atoms with Gasteiger partial charge in [-0.1, -0.05) is 12.8 Å². The van der Waals surface area contributed by atoms with Crippen molar-refractivity contribution in [2.45, 2.75) is 71.0 Å². The van der Waals surface area contributed by atoms with Gasteiger partial charge in [0.2, 0.25) is 0 Å². The second-order valence-corrected chi connectivity index (χ2v) is 7.89. The van der Waals surface area contributed by atoms with Gasteiger partial charge in [0.05, 0.1) is 12.7 Å². The molecule has 0 aromatic carbocycles. The number of likely N-dealkylation sites (tertiary alicyclic amines) is 1. The minimum atomic E-state index is -0.421. The highest BCUT2D eigenvalue weighted by atomic mass is 16.6. The summed E-state index contributed by atoms with van der Waals surface area (Å²) in [7, 11) is 0. The summed E-state index contributed by atoms with van der Waals surface area (Å²) in [4.78, 5) is 13.8. The zero-order valence-electron chi connectivity index (χ0n) is 15.1. The molecule has 1 saturated carbocycles. The van der Waals surface area contributed by atoms with Crippen LogP contribution in [0.4, 0.5) is 4.79 Å². The van der Waals surface area contributed by atoms with E-state index in [1.165, 1.54) is 25.7 Å². The summed E-state index contributed by atoms with van der Waals surface area (Å²) >= 11 is 0. The first-order chi connectivity index (χ1) is 10.9. The molecule has 0 aromatic heterocycles. The van der Waals surface area contributed by atoms with Crippen LogP contribution in [0.2, 0.25) is 0 Å². The van der Waals surface area contributed by atoms with E-state index in [0.717, 1.165) is 51.5 Å². The van der Waals surface area contributed by atoms with Gasteiger partial charge in [0.25, 0.3) is 0 Å². The van der Waals surface area contributed by atoms with Crippen LogP contribution in [-0.2, 0) is 9.47 Å². The average molecular weight is 326 g/mol. The molecular formula is C18H34N2O3. The van der Waals surface area contributed by atoms with Crippen molar-refractivity contribution in [2.24, 2.45) is 5.92 Å². The number of nitrogens with one attached hydrogen (secondary N) is 1. The molecule has 1 saturated heterocycles. The number of nitrogens with zero attached hydrogens (tertiary/aromatic N) is 1. The molecule has 0 aromatic rings. The molecule has 1 amide bonds. The molecule has 0 spiro atoms. The quantitative estimate of drug-likeness (QED) is 0.762. The molecule has 1 aliphatic heterocycles. The molecule has 0 radical (unpaired) electrons. The number of amides is 1. The van der Waals surface area contributed by atoms with Crippen molar-refractivity contribution in [1.29, 1.82) is 0 Å². The molecule has 2 aliphatic rings. The van der Waals surface area contributed by atoms with Crippen LogP contribution in [0.25, 0.3) is 0 Å². The van der Waals surface area contributed by atoms with E-state index >= 15 is 0 Å². The lowest BCUT2D eigenvalue weighted by Gasteiger charge is -2.33. The molecule has 1 aliphatic carbocycles. The Balaban J connectivity index is 1.51. The Kier molecular flexibility index (Phi) is 7.15. The van der Waals surface area contributed by atoms with Crippen LogP contribution in [0.3, 0.4) is 0 Å². The molecule has 1 N–H and O–H groups in total. The average Bonchev–Trinajstić information content (AvgIpc) is 2.99. The maximum Gasteiger partial charge on any atom is 0.410 e. The van der Waals surface area contributed by atoms with Gasteiger partial charge in [0.1, 0.15) is 5.60 Å². The normalized spacial score (nSPS) is 20.9. The molecule has 2 rings (SSSR count). The van der Waals surface area contributed by atoms with Crippen LogP contribution in [0.5, 0.6) is 0 Å². The fraction of sp³-hybridized carbons (Fsp3) is 0.944. The largest absolute Gasteiger partial charge is 0.444 e. The van der Waals surface area contributed by atoms with E-state index < -0.39 is 5.60 Å². The summed E-state index contributed by atoms with van der Waals surface area (Å²) in [5, 5.41) is 3.51. The molecule has 0 atom stereocenters. The molecule has 0 unspecified atom stereocenters. The van der Waals surface area contributed by atoms with Crippen molar-refractivity contribution in [1.82, 2.24) is 10.2 Å². The van der Waals surface area contributed by atoms with Crippen LogP contribution in [-0.4, -0.2) is 55.5 Å². The zero-order valence-corrected chi connectivity index (χ0v) is 15.1. The van der Waals surface area contributed by atoms with E-state index in [2.05, 4.69) is 5.32 Å². The first-order valence-electron chi connectivity index (χ1n) is 9.24. The van der Waals surface area contributed by atoms with Crippen molar-refractivity contribution < 1.29 is 14.3 Å².